The van der Waals surface area contributed by atoms with Crippen molar-refractivity contribution in [2.75, 3.05) is 17.2 Å². The van der Waals surface area contributed by atoms with Crippen molar-refractivity contribution in [1.29, 1.82) is 0 Å². The number of carbonyl (C=O) groups excluding carboxylic acids is 2. The number of carbonyl (C=O) groups is 2. The molecular weight excluding hydrogens is 472 g/mol. The summed E-state index contributed by atoms with van der Waals surface area (Å²) < 4.78 is 0. The van der Waals surface area contributed by atoms with E-state index in [-0.39, 0.29) is 11.9 Å². The number of nitrogens with one attached hydrogen (secondary N) is 3. The van der Waals surface area contributed by atoms with Crippen LogP contribution in [0.4, 0.5) is 16.2 Å². The molecule has 0 saturated heterocycles. The van der Waals surface area contributed by atoms with Crippen LogP contribution in [0.1, 0.15) is 74.0 Å². The molecule has 0 heterocycles. The lowest BCUT2D eigenvalue weighted by Gasteiger charge is -2.22. The molecule has 5 N–H and O–H groups in total. The van der Waals surface area contributed by atoms with Gasteiger partial charge in [-0.2, -0.15) is 0 Å². The minimum atomic E-state index is -0.659. The summed E-state index contributed by atoms with van der Waals surface area (Å²) in [4.78, 5) is 26.3. The van der Waals surface area contributed by atoms with Crippen molar-refractivity contribution in [1.82, 2.24) is 5.32 Å². The maximum Gasteiger partial charge on any atom is 0.319 e. The van der Waals surface area contributed by atoms with Gasteiger partial charge in [-0.25, -0.2) is 4.79 Å². The van der Waals surface area contributed by atoms with Crippen LogP contribution in [0.3, 0.4) is 0 Å². The Labute approximate surface area is 225 Å². The van der Waals surface area contributed by atoms with Gasteiger partial charge >= 0.3 is 6.03 Å². The van der Waals surface area contributed by atoms with Crippen LogP contribution in [0, 0.1) is 0 Å². The van der Waals surface area contributed by atoms with Crippen molar-refractivity contribution in [3.63, 3.8) is 0 Å². The molecule has 3 aromatic rings. The summed E-state index contributed by atoms with van der Waals surface area (Å²) in [5.74, 6) is 0.406. The second-order valence-electron chi connectivity index (χ2n) is 10.5. The fraction of sp³-hybridized carbons (Fsp3) is 0.375. The van der Waals surface area contributed by atoms with E-state index in [4.69, 9.17) is 5.73 Å². The minimum absolute atomic E-state index is 0.215. The van der Waals surface area contributed by atoms with Crippen molar-refractivity contribution in [2.24, 2.45) is 5.73 Å². The molecule has 6 nitrogen and oxygen atoms in total. The number of urea groups is 1. The molecule has 0 radical (unpaired) electrons. The molecule has 1 fully saturated rings. The van der Waals surface area contributed by atoms with Gasteiger partial charge in [-0.05, 0) is 90.6 Å². The van der Waals surface area contributed by atoms with E-state index < -0.39 is 6.04 Å². The molecule has 2 aliphatic carbocycles. The molecule has 198 valence electrons. The molecule has 3 aromatic carbocycles. The summed E-state index contributed by atoms with van der Waals surface area (Å²) in [5.41, 5.74) is 13.3. The van der Waals surface area contributed by atoms with Crippen LogP contribution in [0.2, 0.25) is 0 Å². The predicted octanol–water partition coefficient (Wildman–Crippen LogP) is 6.56. The number of benzene rings is 3. The molecule has 3 amide bonds. The largest absolute Gasteiger partial charge is 0.330 e. The summed E-state index contributed by atoms with van der Waals surface area (Å²) in [6, 6.07) is 21.5. The van der Waals surface area contributed by atoms with Crippen LogP contribution in [0.5, 0.6) is 0 Å². The summed E-state index contributed by atoms with van der Waals surface area (Å²) in [5, 5.41) is 8.93. The number of fused-ring (bicyclic) bond motifs is 3. The Morgan fingerprint density at radius 2 is 1.61 bits per heavy atom. The van der Waals surface area contributed by atoms with E-state index in [2.05, 4.69) is 46.3 Å². The molecule has 0 aliphatic heterocycles. The van der Waals surface area contributed by atoms with Crippen molar-refractivity contribution >= 4 is 23.3 Å². The standard InChI is InChI=1S/C32H38N4O2/c33-20-7-6-14-30(31(37)34-25-18-16-23(17-19-25)22-9-2-1-3-10-22)36-32(38)35-29-15-8-13-27-26-12-5-4-11-24(26)21-28(27)29/h4-5,8,11-13,15-19,22,30H,1-3,6-7,9-10,14,20-21,33H2,(H,34,37)(H2,35,36,38)/t30-/m0/s1. The zero-order valence-electron chi connectivity index (χ0n) is 22.0. The van der Waals surface area contributed by atoms with Gasteiger partial charge in [0.25, 0.3) is 0 Å². The first-order chi connectivity index (χ1) is 18.6. The lowest BCUT2D eigenvalue weighted by atomic mass is 9.84. The van der Waals surface area contributed by atoms with Crippen molar-refractivity contribution in [2.45, 2.75) is 69.7 Å². The molecule has 5 rings (SSSR count). The smallest absolute Gasteiger partial charge is 0.319 e. The molecule has 2 aliphatic rings. The lowest BCUT2D eigenvalue weighted by Crippen LogP contribution is -2.45. The van der Waals surface area contributed by atoms with Gasteiger partial charge in [0.2, 0.25) is 5.91 Å². The zero-order chi connectivity index (χ0) is 26.3. The molecule has 0 unspecified atom stereocenters. The SMILES string of the molecule is NCCCC[C@H](NC(=O)Nc1cccc2c1Cc1ccccc1-2)C(=O)Nc1ccc(C2CCCCC2)cc1. The second kappa shape index (κ2) is 12.3. The highest BCUT2D eigenvalue weighted by Crippen LogP contribution is 2.40. The van der Waals surface area contributed by atoms with Crippen molar-refractivity contribution < 1.29 is 9.59 Å². The van der Waals surface area contributed by atoms with E-state index >= 15 is 0 Å². The number of hydrogen-bond donors (Lipinski definition) is 4. The highest BCUT2D eigenvalue weighted by Gasteiger charge is 2.24. The van der Waals surface area contributed by atoms with E-state index in [1.165, 1.54) is 48.8 Å². The van der Waals surface area contributed by atoms with Gasteiger partial charge in [0.1, 0.15) is 6.04 Å². The first kappa shape index (κ1) is 26.0. The van der Waals surface area contributed by atoms with Crippen LogP contribution >= 0.6 is 0 Å². The first-order valence-electron chi connectivity index (χ1n) is 14.0. The molecule has 1 atom stereocenters. The van der Waals surface area contributed by atoms with Crippen LogP contribution < -0.4 is 21.7 Å². The Morgan fingerprint density at radius 1 is 0.842 bits per heavy atom. The van der Waals surface area contributed by atoms with Gasteiger partial charge in [0.15, 0.2) is 0 Å². The van der Waals surface area contributed by atoms with Gasteiger partial charge in [0.05, 0.1) is 0 Å². The average molecular weight is 511 g/mol. The Morgan fingerprint density at radius 3 is 2.39 bits per heavy atom. The van der Waals surface area contributed by atoms with E-state index in [9.17, 15) is 9.59 Å². The molecule has 0 bridgehead atoms. The summed E-state index contributed by atoms with van der Waals surface area (Å²) in [6.45, 7) is 0.555. The Hall–Kier alpha value is -3.64. The number of hydrogen-bond acceptors (Lipinski definition) is 3. The van der Waals surface area contributed by atoms with Crippen molar-refractivity contribution in [3.05, 3.63) is 83.4 Å². The number of rotatable bonds is 9. The predicted molar refractivity (Wildman–Crippen MR) is 154 cm³/mol. The Balaban J connectivity index is 1.23. The topological polar surface area (TPSA) is 96.2 Å². The van der Waals surface area contributed by atoms with E-state index in [0.717, 1.165) is 41.8 Å². The fourth-order valence-electron chi connectivity index (χ4n) is 5.86. The Bertz CT molecular complexity index is 1260. The quantitative estimate of drug-likeness (QED) is 0.192. The highest BCUT2D eigenvalue weighted by molar-refractivity contribution is 6.00. The van der Waals surface area contributed by atoms with E-state index in [1.54, 1.807) is 0 Å². The normalized spacial score (nSPS) is 15.3. The van der Waals surface area contributed by atoms with Crippen molar-refractivity contribution in [3.8, 4) is 11.1 Å². The number of nitrogens with two attached hydrogens (primary N) is 1. The van der Waals surface area contributed by atoms with E-state index in [0.29, 0.717) is 18.9 Å². The summed E-state index contributed by atoms with van der Waals surface area (Å²) in [6.07, 6.45) is 9.25. The number of amides is 3. The molecule has 6 heteroatoms. The summed E-state index contributed by atoms with van der Waals surface area (Å²) >= 11 is 0. The average Bonchev–Trinajstić information content (AvgIpc) is 3.33. The maximum atomic E-state index is 13.2. The van der Waals surface area contributed by atoms with Gasteiger partial charge < -0.3 is 21.7 Å². The third kappa shape index (κ3) is 6.08. The first-order valence-corrected chi connectivity index (χ1v) is 14.0. The lowest BCUT2D eigenvalue weighted by molar-refractivity contribution is -0.118. The van der Waals surface area contributed by atoms with Gasteiger partial charge in [0, 0.05) is 17.8 Å². The zero-order valence-corrected chi connectivity index (χ0v) is 22.0. The molecule has 0 aromatic heterocycles. The molecular formula is C32H38N4O2. The number of unbranched alkanes of at least 4 members (excludes halogenated alkanes) is 1. The van der Waals surface area contributed by atoms with Gasteiger partial charge in [-0.1, -0.05) is 67.8 Å². The van der Waals surface area contributed by atoms with Crippen LogP contribution in [-0.2, 0) is 11.2 Å². The number of anilines is 2. The second-order valence-corrected chi connectivity index (χ2v) is 10.5. The Kier molecular flexibility index (Phi) is 8.39. The van der Waals surface area contributed by atoms with Crippen LogP contribution in [-0.4, -0.2) is 24.5 Å². The molecule has 38 heavy (non-hydrogen) atoms. The highest BCUT2D eigenvalue weighted by atomic mass is 16.2. The maximum absolute atomic E-state index is 13.2. The fourth-order valence-corrected chi connectivity index (χ4v) is 5.86. The minimum Gasteiger partial charge on any atom is -0.330 e. The van der Waals surface area contributed by atoms with E-state index in [1.807, 2.05) is 36.4 Å². The van der Waals surface area contributed by atoms with Crippen LogP contribution in [0.15, 0.2) is 66.7 Å². The third-order valence-corrected chi connectivity index (χ3v) is 7.92. The summed E-state index contributed by atoms with van der Waals surface area (Å²) in [7, 11) is 0. The van der Waals surface area contributed by atoms with Gasteiger partial charge in [-0.15, -0.1) is 0 Å². The monoisotopic (exact) mass is 510 g/mol. The van der Waals surface area contributed by atoms with Crippen LogP contribution in [0.25, 0.3) is 11.1 Å². The molecule has 1 saturated carbocycles. The van der Waals surface area contributed by atoms with Gasteiger partial charge in [-0.3, -0.25) is 4.79 Å². The molecule has 0 spiro atoms. The third-order valence-electron chi connectivity index (χ3n) is 7.92.